The summed E-state index contributed by atoms with van der Waals surface area (Å²) in [4.78, 5) is 0. The van der Waals surface area contributed by atoms with Crippen LogP contribution in [0.2, 0.25) is 0 Å². The average Bonchev–Trinajstić information content (AvgIpc) is 1.00. The minimum atomic E-state index is 0. The summed E-state index contributed by atoms with van der Waals surface area (Å²) in [6, 6.07) is 0. The molecule has 0 heterocycles. The molecule has 1 nitrogen and oxygen atoms in total. The van der Waals surface area contributed by atoms with Crippen molar-refractivity contribution in [2.75, 3.05) is 0 Å². The molecule has 0 spiro atoms. The second-order valence-corrected chi connectivity index (χ2v) is 0. The topological polar surface area (TPSA) is 17.1 Å². The van der Waals surface area contributed by atoms with Crippen LogP contribution in [0.5, 0.6) is 0 Å². The van der Waals surface area contributed by atoms with E-state index in [4.69, 9.17) is 4.57 Å². The van der Waals surface area contributed by atoms with E-state index in [1.165, 1.54) is 0 Å². The van der Waals surface area contributed by atoms with E-state index < -0.39 is 0 Å². The first-order valence-corrected chi connectivity index (χ1v) is 0.612. The molecule has 1 radical (unpaired) electrons. The Balaban J connectivity index is -0.000000000833. The number of rotatable bonds is 0. The van der Waals surface area contributed by atoms with Crippen LogP contribution in [0, 0.1) is 0 Å². The Labute approximate surface area is 67.6 Å². The molecule has 0 saturated carbocycles. The SMILES string of the molecule is O=P.[Co].[Fe].[H-].[Li+]. The smallest absolute Gasteiger partial charge is 1.00 e. The predicted molar refractivity (Wildman–Crippen MR) is 10.1 cm³/mol. The van der Waals surface area contributed by atoms with E-state index in [0.29, 0.717) is 0 Å². The Morgan fingerprint density at radius 2 is 1.40 bits per heavy atom. The van der Waals surface area contributed by atoms with E-state index in [2.05, 4.69) is 0 Å². The van der Waals surface area contributed by atoms with E-state index in [-0.39, 0.29) is 54.1 Å². The average molecular weight is 171 g/mol. The van der Waals surface area contributed by atoms with Crippen molar-refractivity contribution in [2.24, 2.45) is 0 Å². The molecular weight excluding hydrogens is 169 g/mol. The van der Waals surface area contributed by atoms with Crippen molar-refractivity contribution < 1.29 is 58.7 Å². The molecular formula is H2CoFeLiOP. The van der Waals surface area contributed by atoms with Crippen LogP contribution in [0.3, 0.4) is 0 Å². The van der Waals surface area contributed by atoms with Gasteiger partial charge in [0.15, 0.2) is 0 Å². The first-order chi connectivity index (χ1) is 1.00. The minimum absolute atomic E-state index is 0. The third-order valence-electron chi connectivity index (χ3n) is 0. The van der Waals surface area contributed by atoms with Gasteiger partial charge >= 0.3 is 18.9 Å². The zero-order valence-corrected chi connectivity index (χ0v) is 5.74. The van der Waals surface area contributed by atoms with Gasteiger partial charge in [0, 0.05) is 33.8 Å². The number of hydrogen-bond donors (Lipinski definition) is 0. The Morgan fingerprint density at radius 3 is 1.40 bits per heavy atom. The molecule has 0 saturated heterocycles. The van der Waals surface area contributed by atoms with Gasteiger partial charge in [0.25, 0.3) is 0 Å². The van der Waals surface area contributed by atoms with E-state index in [1.54, 1.807) is 9.12 Å². The van der Waals surface area contributed by atoms with Gasteiger partial charge < -0.3 is 1.43 Å². The first-order valence-electron chi connectivity index (χ1n) is 0.204. The van der Waals surface area contributed by atoms with Gasteiger partial charge in [-0.1, -0.05) is 0 Å². The summed E-state index contributed by atoms with van der Waals surface area (Å²) in [7, 11) is 1.72. The molecule has 0 fully saturated rings. The molecule has 0 atom stereocenters. The Bertz CT molecular complexity index is 15.5. The Morgan fingerprint density at radius 1 is 1.40 bits per heavy atom. The van der Waals surface area contributed by atoms with Crippen LogP contribution < -0.4 is 18.9 Å². The van der Waals surface area contributed by atoms with Gasteiger partial charge in [-0.05, 0) is 0 Å². The summed E-state index contributed by atoms with van der Waals surface area (Å²) in [5.41, 5.74) is 0. The van der Waals surface area contributed by atoms with E-state index in [9.17, 15) is 0 Å². The maximum absolute atomic E-state index is 8.06. The van der Waals surface area contributed by atoms with Crippen molar-refractivity contribution in [3.05, 3.63) is 0 Å². The second-order valence-electron chi connectivity index (χ2n) is 0. The van der Waals surface area contributed by atoms with Gasteiger partial charge in [0.05, 0.1) is 0 Å². The van der Waals surface area contributed by atoms with E-state index in [0.717, 1.165) is 0 Å². The molecule has 0 aromatic rings. The van der Waals surface area contributed by atoms with Gasteiger partial charge in [-0.25, -0.2) is 0 Å². The molecule has 5 heavy (non-hydrogen) atoms. The summed E-state index contributed by atoms with van der Waals surface area (Å²) in [6.45, 7) is 0. The summed E-state index contributed by atoms with van der Waals surface area (Å²) in [5.74, 6) is 0. The van der Waals surface area contributed by atoms with Crippen LogP contribution in [0.25, 0.3) is 0 Å². The van der Waals surface area contributed by atoms with Gasteiger partial charge in [-0.15, -0.1) is 0 Å². The van der Waals surface area contributed by atoms with Crippen molar-refractivity contribution in [1.82, 2.24) is 0 Å². The van der Waals surface area contributed by atoms with Crippen LogP contribution in [-0.4, -0.2) is 0 Å². The molecule has 31 valence electrons. The fraction of sp³-hybridized carbons (Fsp3) is 0. The van der Waals surface area contributed by atoms with Crippen LogP contribution in [-0.2, 0) is 38.4 Å². The third-order valence-corrected chi connectivity index (χ3v) is 0. The molecule has 0 aliphatic carbocycles. The normalized spacial score (nSPS) is 0.800. The van der Waals surface area contributed by atoms with Crippen molar-refractivity contribution in [3.63, 3.8) is 0 Å². The standard InChI is InChI=1S/Co.Fe.Li.HOP.H/c;;;1-2;/h;;;2H;/q;;+1;;-1. The summed E-state index contributed by atoms with van der Waals surface area (Å²) in [6.07, 6.45) is 0. The molecule has 0 rings (SSSR count). The molecule has 0 aliphatic rings. The van der Waals surface area contributed by atoms with Crippen LogP contribution >= 0.6 is 9.12 Å². The Hall–Kier alpha value is 1.72. The zero-order valence-electron chi connectivity index (χ0n) is 3.60. The fourth-order valence-electron chi connectivity index (χ4n) is 0. The second kappa shape index (κ2) is 43.0. The fourth-order valence-corrected chi connectivity index (χ4v) is 0. The molecule has 0 N–H and O–H groups in total. The summed E-state index contributed by atoms with van der Waals surface area (Å²) < 4.78 is 8.06. The van der Waals surface area contributed by atoms with Crippen molar-refractivity contribution in [2.45, 2.75) is 0 Å². The van der Waals surface area contributed by atoms with Crippen molar-refractivity contribution >= 4 is 9.12 Å². The largest absolute Gasteiger partial charge is 1.00 e. The molecule has 0 unspecified atom stereocenters. The van der Waals surface area contributed by atoms with Crippen molar-refractivity contribution in [1.29, 1.82) is 0 Å². The van der Waals surface area contributed by atoms with E-state index >= 15 is 0 Å². The minimum Gasteiger partial charge on any atom is -1.00 e. The van der Waals surface area contributed by atoms with Gasteiger partial charge in [-0.3, -0.25) is 4.57 Å². The van der Waals surface area contributed by atoms with Crippen LogP contribution in [0.15, 0.2) is 0 Å². The predicted octanol–water partition coefficient (Wildman–Crippen LogP) is -2.41. The van der Waals surface area contributed by atoms with Crippen LogP contribution in [0.4, 0.5) is 0 Å². The maximum Gasteiger partial charge on any atom is 1.00 e. The van der Waals surface area contributed by atoms with Gasteiger partial charge in [0.2, 0.25) is 0 Å². The van der Waals surface area contributed by atoms with Gasteiger partial charge in [0.1, 0.15) is 9.12 Å². The maximum atomic E-state index is 8.06. The summed E-state index contributed by atoms with van der Waals surface area (Å²) >= 11 is 0. The van der Waals surface area contributed by atoms with Crippen molar-refractivity contribution in [3.8, 4) is 0 Å². The quantitative estimate of drug-likeness (QED) is 0.293. The first kappa shape index (κ1) is 29.7. The molecule has 0 amide bonds. The molecule has 0 bridgehead atoms. The third kappa shape index (κ3) is 26.7. The molecule has 0 aromatic heterocycles. The van der Waals surface area contributed by atoms with Gasteiger partial charge in [-0.2, -0.15) is 0 Å². The molecule has 0 aromatic carbocycles. The number of hydrogen-bond acceptors (Lipinski definition) is 1. The van der Waals surface area contributed by atoms with Crippen LogP contribution in [0.1, 0.15) is 1.43 Å². The Kier molecular flexibility index (Phi) is 255. The molecule has 0 aliphatic heterocycles. The summed E-state index contributed by atoms with van der Waals surface area (Å²) in [5, 5.41) is 0. The zero-order chi connectivity index (χ0) is 2.00. The monoisotopic (exact) mass is 171 g/mol. The van der Waals surface area contributed by atoms with E-state index in [1.807, 2.05) is 0 Å². The molecule has 5 heteroatoms.